The third kappa shape index (κ3) is 2.61. The molecule has 0 saturated carbocycles. The van der Waals surface area contributed by atoms with E-state index in [1.165, 1.54) is 17.7 Å². The fourth-order valence-electron chi connectivity index (χ4n) is 2.37. The summed E-state index contributed by atoms with van der Waals surface area (Å²) in [6, 6.07) is 11.6. The van der Waals surface area contributed by atoms with E-state index in [1.807, 2.05) is 12.1 Å². The first-order chi connectivity index (χ1) is 10.1. The quantitative estimate of drug-likeness (QED) is 0.669. The van der Waals surface area contributed by atoms with Crippen LogP contribution in [0.15, 0.2) is 42.5 Å². The molecule has 2 aromatic carbocycles. The van der Waals surface area contributed by atoms with Crippen molar-refractivity contribution in [3.63, 3.8) is 0 Å². The molecule has 0 saturated heterocycles. The van der Waals surface area contributed by atoms with Crippen molar-refractivity contribution in [3.8, 4) is 0 Å². The predicted molar refractivity (Wildman–Crippen MR) is 78.0 cm³/mol. The Morgan fingerprint density at radius 2 is 1.90 bits per heavy atom. The number of carbonyl (C=O) groups excluding carboxylic acids is 1. The maximum atomic E-state index is 12.2. The van der Waals surface area contributed by atoms with Gasteiger partial charge in [0.25, 0.3) is 11.6 Å². The number of carbonyl (C=O) groups is 1. The van der Waals surface area contributed by atoms with Crippen LogP contribution in [-0.4, -0.2) is 10.8 Å². The van der Waals surface area contributed by atoms with Crippen LogP contribution in [0.2, 0.25) is 0 Å². The van der Waals surface area contributed by atoms with Gasteiger partial charge in [-0.15, -0.1) is 0 Å². The Kier molecular flexibility index (Phi) is 3.37. The lowest BCUT2D eigenvalue weighted by Gasteiger charge is -2.07. The number of nitrogens with one attached hydrogen (secondary N) is 2. The summed E-state index contributed by atoms with van der Waals surface area (Å²) in [7, 11) is 0. The van der Waals surface area contributed by atoms with Crippen LogP contribution < -0.4 is 10.6 Å². The molecule has 106 valence electrons. The van der Waals surface area contributed by atoms with Crippen molar-refractivity contribution in [3.05, 3.63) is 69.3 Å². The Morgan fingerprint density at radius 1 is 1.14 bits per heavy atom. The average Bonchev–Trinajstić information content (AvgIpc) is 2.94. The third-order valence-electron chi connectivity index (χ3n) is 3.45. The van der Waals surface area contributed by atoms with E-state index in [2.05, 4.69) is 10.6 Å². The van der Waals surface area contributed by atoms with Crippen molar-refractivity contribution >= 4 is 17.3 Å². The number of fused-ring (bicyclic) bond motifs is 1. The van der Waals surface area contributed by atoms with E-state index in [4.69, 9.17) is 0 Å². The second-order valence-corrected chi connectivity index (χ2v) is 4.82. The first-order valence-corrected chi connectivity index (χ1v) is 6.52. The second-order valence-electron chi connectivity index (χ2n) is 4.82. The Labute approximate surface area is 120 Å². The normalized spacial score (nSPS) is 12.8. The van der Waals surface area contributed by atoms with Crippen molar-refractivity contribution in [1.29, 1.82) is 0 Å². The molecule has 6 nitrogen and oxygen atoms in total. The van der Waals surface area contributed by atoms with Gasteiger partial charge in [0.1, 0.15) is 5.69 Å². The predicted octanol–water partition coefficient (Wildman–Crippen LogP) is 2.45. The van der Waals surface area contributed by atoms with Crippen LogP contribution in [0.25, 0.3) is 0 Å². The highest BCUT2D eigenvalue weighted by atomic mass is 16.6. The fraction of sp³-hybridized carbons (Fsp3) is 0.133. The number of hydrogen-bond acceptors (Lipinski definition) is 4. The molecular formula is C15H13N3O3. The molecule has 3 rings (SSSR count). The molecule has 2 aromatic rings. The minimum atomic E-state index is -0.512. The molecule has 0 radical (unpaired) electrons. The Bertz CT molecular complexity index is 728. The number of hydrogen-bond donors (Lipinski definition) is 2. The van der Waals surface area contributed by atoms with Gasteiger partial charge in [0.05, 0.1) is 4.92 Å². The van der Waals surface area contributed by atoms with Gasteiger partial charge in [0, 0.05) is 24.7 Å². The van der Waals surface area contributed by atoms with Gasteiger partial charge in [-0.25, -0.2) is 0 Å². The highest BCUT2D eigenvalue weighted by Gasteiger charge is 2.17. The van der Waals surface area contributed by atoms with Crippen molar-refractivity contribution in [2.75, 3.05) is 5.32 Å². The highest BCUT2D eigenvalue weighted by molar-refractivity contribution is 6.05. The van der Waals surface area contributed by atoms with Gasteiger partial charge in [-0.2, -0.15) is 0 Å². The van der Waals surface area contributed by atoms with E-state index in [1.54, 1.807) is 18.2 Å². The van der Waals surface area contributed by atoms with Crippen LogP contribution in [0.4, 0.5) is 11.4 Å². The molecule has 0 unspecified atom stereocenters. The number of nitro groups is 1. The second kappa shape index (κ2) is 5.34. The minimum absolute atomic E-state index is 0.117. The number of para-hydroxylation sites is 2. The van der Waals surface area contributed by atoms with Crippen molar-refractivity contribution in [2.24, 2.45) is 0 Å². The van der Waals surface area contributed by atoms with Gasteiger partial charge >= 0.3 is 0 Å². The van der Waals surface area contributed by atoms with Gasteiger partial charge in [-0.3, -0.25) is 14.9 Å². The van der Waals surface area contributed by atoms with Crippen LogP contribution in [0.1, 0.15) is 21.5 Å². The molecule has 1 heterocycles. The van der Waals surface area contributed by atoms with Crippen LogP contribution in [0.3, 0.4) is 0 Å². The van der Waals surface area contributed by atoms with Gasteiger partial charge < -0.3 is 10.6 Å². The van der Waals surface area contributed by atoms with E-state index >= 15 is 0 Å². The average molecular weight is 283 g/mol. The number of nitro benzene ring substituents is 1. The Hall–Kier alpha value is -2.73. The SMILES string of the molecule is O=C(Nc1ccccc1[N+](=O)[O-])c1ccc2c(c1)CNC2. The number of anilines is 1. The molecule has 0 aliphatic carbocycles. The van der Waals surface area contributed by atoms with Gasteiger partial charge in [0.15, 0.2) is 0 Å². The van der Waals surface area contributed by atoms with Crippen molar-refractivity contribution < 1.29 is 9.72 Å². The summed E-state index contributed by atoms with van der Waals surface area (Å²) >= 11 is 0. The molecule has 0 fully saturated rings. The zero-order chi connectivity index (χ0) is 14.8. The number of nitrogens with zero attached hydrogens (tertiary/aromatic N) is 1. The fourth-order valence-corrected chi connectivity index (χ4v) is 2.37. The molecule has 6 heteroatoms. The maximum Gasteiger partial charge on any atom is 0.292 e. The summed E-state index contributed by atoms with van der Waals surface area (Å²) in [5.41, 5.74) is 2.85. The lowest BCUT2D eigenvalue weighted by atomic mass is 10.1. The number of benzene rings is 2. The first kappa shape index (κ1) is 13.3. The van der Waals surface area contributed by atoms with Crippen molar-refractivity contribution in [2.45, 2.75) is 13.1 Å². The number of amides is 1. The summed E-state index contributed by atoms with van der Waals surface area (Å²) in [5.74, 6) is -0.348. The van der Waals surface area contributed by atoms with Gasteiger partial charge in [-0.1, -0.05) is 18.2 Å². The molecule has 2 N–H and O–H groups in total. The van der Waals surface area contributed by atoms with E-state index in [-0.39, 0.29) is 17.3 Å². The van der Waals surface area contributed by atoms with E-state index < -0.39 is 4.92 Å². The standard InChI is InChI=1S/C15H13N3O3/c19-15(10-5-6-11-8-16-9-12(11)7-10)17-13-3-1-2-4-14(13)18(20)21/h1-7,16H,8-9H2,(H,17,19). The zero-order valence-electron chi connectivity index (χ0n) is 11.1. The highest BCUT2D eigenvalue weighted by Crippen LogP contribution is 2.24. The molecule has 0 bridgehead atoms. The molecule has 1 amide bonds. The van der Waals surface area contributed by atoms with E-state index in [0.717, 1.165) is 18.7 Å². The van der Waals surface area contributed by atoms with E-state index in [9.17, 15) is 14.9 Å². The van der Waals surface area contributed by atoms with Crippen LogP contribution in [0, 0.1) is 10.1 Å². The summed E-state index contributed by atoms with van der Waals surface area (Å²) < 4.78 is 0. The van der Waals surface area contributed by atoms with Crippen LogP contribution in [-0.2, 0) is 13.1 Å². The molecule has 0 aromatic heterocycles. The molecule has 0 atom stereocenters. The zero-order valence-corrected chi connectivity index (χ0v) is 11.1. The van der Waals surface area contributed by atoms with E-state index in [0.29, 0.717) is 5.56 Å². The summed E-state index contributed by atoms with van der Waals surface area (Å²) in [5, 5.41) is 16.7. The minimum Gasteiger partial charge on any atom is -0.316 e. The monoisotopic (exact) mass is 283 g/mol. The van der Waals surface area contributed by atoms with Crippen LogP contribution in [0.5, 0.6) is 0 Å². The molecule has 0 spiro atoms. The van der Waals surface area contributed by atoms with Crippen molar-refractivity contribution in [1.82, 2.24) is 5.32 Å². The first-order valence-electron chi connectivity index (χ1n) is 6.52. The van der Waals surface area contributed by atoms with Gasteiger partial charge in [0.2, 0.25) is 0 Å². The topological polar surface area (TPSA) is 84.3 Å². The molecule has 21 heavy (non-hydrogen) atoms. The maximum absolute atomic E-state index is 12.2. The largest absolute Gasteiger partial charge is 0.316 e. The molecule has 1 aliphatic heterocycles. The van der Waals surface area contributed by atoms with Gasteiger partial charge in [-0.05, 0) is 29.3 Å². The smallest absolute Gasteiger partial charge is 0.292 e. The lowest BCUT2D eigenvalue weighted by Crippen LogP contribution is -2.13. The molecule has 1 aliphatic rings. The van der Waals surface area contributed by atoms with Crippen LogP contribution >= 0.6 is 0 Å². The third-order valence-corrected chi connectivity index (χ3v) is 3.45. The Balaban J connectivity index is 1.85. The number of rotatable bonds is 3. The summed E-state index contributed by atoms with van der Waals surface area (Å²) in [6.45, 7) is 1.54. The summed E-state index contributed by atoms with van der Waals surface area (Å²) in [4.78, 5) is 22.7. The molecular weight excluding hydrogens is 270 g/mol. The Morgan fingerprint density at radius 3 is 2.71 bits per heavy atom. The lowest BCUT2D eigenvalue weighted by molar-refractivity contribution is -0.383. The summed E-state index contributed by atoms with van der Waals surface area (Å²) in [6.07, 6.45) is 0.